The number of benzene rings is 1. The zero-order chi connectivity index (χ0) is 14.2. The average Bonchev–Trinajstić information content (AvgIpc) is 3.15. The third-order valence-corrected chi connectivity index (χ3v) is 3.98. The molecule has 102 valence electrons. The molecule has 21 heavy (non-hydrogen) atoms. The summed E-state index contributed by atoms with van der Waals surface area (Å²) in [6.07, 6.45) is 1.74. The summed E-state index contributed by atoms with van der Waals surface area (Å²) in [4.78, 5) is 8.80. The molecular weight excluding hydrogens is 284 g/mol. The number of nitrogens with zero attached hydrogens (tertiary/aromatic N) is 3. The van der Waals surface area contributed by atoms with Crippen molar-refractivity contribution in [3.8, 4) is 23.0 Å². The van der Waals surface area contributed by atoms with E-state index in [0.29, 0.717) is 22.4 Å². The van der Waals surface area contributed by atoms with Crippen molar-refractivity contribution < 1.29 is 4.52 Å². The molecule has 0 aliphatic heterocycles. The summed E-state index contributed by atoms with van der Waals surface area (Å²) in [5, 5.41) is 8.67. The molecule has 0 saturated heterocycles. The molecule has 0 fully saturated rings. The molecule has 0 unspecified atom stereocenters. The highest BCUT2D eigenvalue weighted by molar-refractivity contribution is 7.14. The van der Waals surface area contributed by atoms with E-state index >= 15 is 0 Å². The summed E-state index contributed by atoms with van der Waals surface area (Å²) in [5.74, 6) is 0.880. The largest absolute Gasteiger partial charge is 0.390 e. The molecule has 3 aromatic heterocycles. The minimum atomic E-state index is 0.415. The quantitative estimate of drug-likeness (QED) is 0.611. The maximum atomic E-state index is 5.89. The van der Waals surface area contributed by atoms with E-state index in [1.807, 2.05) is 41.8 Å². The van der Waals surface area contributed by atoms with Gasteiger partial charge in [-0.15, -0.1) is 11.3 Å². The summed E-state index contributed by atoms with van der Waals surface area (Å²) in [5.41, 5.74) is 7.35. The molecule has 2 N–H and O–H groups in total. The molecule has 0 radical (unpaired) electrons. The van der Waals surface area contributed by atoms with Gasteiger partial charge in [-0.2, -0.15) is 4.98 Å². The van der Waals surface area contributed by atoms with Crippen molar-refractivity contribution in [1.29, 1.82) is 0 Å². The lowest BCUT2D eigenvalue weighted by Crippen LogP contribution is -1.88. The highest BCUT2D eigenvalue weighted by Crippen LogP contribution is 2.31. The van der Waals surface area contributed by atoms with Gasteiger partial charge in [-0.25, -0.2) is 0 Å². The first-order valence-corrected chi connectivity index (χ1v) is 7.22. The van der Waals surface area contributed by atoms with Gasteiger partial charge in [-0.1, -0.05) is 29.4 Å². The topological polar surface area (TPSA) is 77.8 Å². The predicted molar refractivity (Wildman–Crippen MR) is 82.8 cm³/mol. The first kappa shape index (κ1) is 12.0. The fraction of sp³-hybridized carbons (Fsp3) is 0. The standard InChI is InChI=1S/C15H10N4OS/c16-13-11(6-8-21-13)15-18-14(19-20-15)12-10-4-2-1-3-9(10)5-7-17-12/h1-8H,16H2. The highest BCUT2D eigenvalue weighted by atomic mass is 32.1. The summed E-state index contributed by atoms with van der Waals surface area (Å²) >= 11 is 1.44. The second-order valence-corrected chi connectivity index (χ2v) is 5.45. The Hall–Kier alpha value is -2.73. The smallest absolute Gasteiger partial charge is 0.261 e. The van der Waals surface area contributed by atoms with Crippen molar-refractivity contribution in [2.45, 2.75) is 0 Å². The predicted octanol–water partition coefficient (Wildman–Crippen LogP) is 3.60. The second kappa shape index (κ2) is 4.68. The van der Waals surface area contributed by atoms with Crippen LogP contribution in [0.25, 0.3) is 33.7 Å². The third-order valence-electron chi connectivity index (χ3n) is 3.24. The van der Waals surface area contributed by atoms with Gasteiger partial charge in [0.15, 0.2) is 0 Å². The van der Waals surface area contributed by atoms with Crippen LogP contribution in [0.2, 0.25) is 0 Å². The molecular formula is C15H10N4OS. The number of aromatic nitrogens is 3. The van der Waals surface area contributed by atoms with E-state index in [1.54, 1.807) is 6.20 Å². The van der Waals surface area contributed by atoms with E-state index in [2.05, 4.69) is 15.1 Å². The van der Waals surface area contributed by atoms with E-state index in [4.69, 9.17) is 10.3 Å². The lowest BCUT2D eigenvalue weighted by molar-refractivity contribution is 0.432. The Balaban J connectivity index is 1.87. The Morgan fingerprint density at radius 2 is 2.00 bits per heavy atom. The van der Waals surface area contributed by atoms with Crippen molar-refractivity contribution in [1.82, 2.24) is 15.1 Å². The number of nitrogens with two attached hydrogens (primary N) is 1. The first-order valence-electron chi connectivity index (χ1n) is 6.34. The van der Waals surface area contributed by atoms with Crippen LogP contribution in [0.5, 0.6) is 0 Å². The average molecular weight is 294 g/mol. The molecule has 4 rings (SSSR count). The van der Waals surface area contributed by atoms with Gasteiger partial charge >= 0.3 is 0 Å². The van der Waals surface area contributed by atoms with Gasteiger partial charge in [0.2, 0.25) is 5.82 Å². The number of rotatable bonds is 2. The molecule has 6 heteroatoms. The van der Waals surface area contributed by atoms with Crippen LogP contribution in [0.3, 0.4) is 0 Å². The molecule has 0 atom stereocenters. The van der Waals surface area contributed by atoms with Gasteiger partial charge in [-0.05, 0) is 22.9 Å². The zero-order valence-electron chi connectivity index (χ0n) is 10.9. The van der Waals surface area contributed by atoms with E-state index in [1.165, 1.54) is 11.3 Å². The first-order chi connectivity index (χ1) is 10.3. The fourth-order valence-electron chi connectivity index (χ4n) is 2.22. The lowest BCUT2D eigenvalue weighted by Gasteiger charge is -2.00. The number of nitrogen functional groups attached to an aromatic ring is 1. The van der Waals surface area contributed by atoms with Gasteiger partial charge in [-0.3, -0.25) is 4.98 Å². The molecule has 3 heterocycles. The van der Waals surface area contributed by atoms with Gasteiger partial charge in [0.25, 0.3) is 5.89 Å². The van der Waals surface area contributed by atoms with Crippen molar-refractivity contribution >= 4 is 27.1 Å². The van der Waals surface area contributed by atoms with E-state index in [0.717, 1.165) is 16.3 Å². The zero-order valence-corrected chi connectivity index (χ0v) is 11.7. The van der Waals surface area contributed by atoms with Crippen molar-refractivity contribution in [3.05, 3.63) is 48.0 Å². The molecule has 0 aliphatic rings. The summed E-state index contributed by atoms with van der Waals surface area (Å²) < 4.78 is 5.32. The molecule has 4 aromatic rings. The van der Waals surface area contributed by atoms with Crippen LogP contribution in [0, 0.1) is 0 Å². The van der Waals surface area contributed by atoms with Crippen LogP contribution >= 0.6 is 11.3 Å². The maximum absolute atomic E-state index is 5.89. The highest BCUT2D eigenvalue weighted by Gasteiger charge is 2.16. The monoisotopic (exact) mass is 294 g/mol. The fourth-order valence-corrected chi connectivity index (χ4v) is 2.86. The van der Waals surface area contributed by atoms with Gasteiger partial charge in [0.1, 0.15) is 5.69 Å². The molecule has 0 aliphatic carbocycles. The summed E-state index contributed by atoms with van der Waals surface area (Å²) in [6.45, 7) is 0. The number of fused-ring (bicyclic) bond motifs is 1. The van der Waals surface area contributed by atoms with E-state index < -0.39 is 0 Å². The molecule has 1 aromatic carbocycles. The minimum Gasteiger partial charge on any atom is -0.390 e. The normalized spacial score (nSPS) is 11.0. The van der Waals surface area contributed by atoms with Crippen molar-refractivity contribution in [2.75, 3.05) is 5.73 Å². The third kappa shape index (κ3) is 1.96. The van der Waals surface area contributed by atoms with Crippen LogP contribution in [0.1, 0.15) is 0 Å². The number of hydrogen-bond donors (Lipinski definition) is 1. The van der Waals surface area contributed by atoms with Crippen LogP contribution in [0.15, 0.2) is 52.5 Å². The molecule has 0 saturated carbocycles. The Labute approximate surface area is 124 Å². The number of pyridine rings is 1. The Bertz CT molecular complexity index is 923. The Kier molecular flexibility index (Phi) is 2.68. The van der Waals surface area contributed by atoms with Crippen LogP contribution in [0.4, 0.5) is 5.00 Å². The van der Waals surface area contributed by atoms with Crippen molar-refractivity contribution in [3.63, 3.8) is 0 Å². The van der Waals surface area contributed by atoms with E-state index in [-0.39, 0.29) is 0 Å². The number of anilines is 1. The molecule has 0 bridgehead atoms. The van der Waals surface area contributed by atoms with Gasteiger partial charge in [0, 0.05) is 11.6 Å². The number of hydrogen-bond acceptors (Lipinski definition) is 6. The van der Waals surface area contributed by atoms with Crippen LogP contribution in [-0.2, 0) is 0 Å². The molecule has 0 amide bonds. The second-order valence-electron chi connectivity index (χ2n) is 4.50. The Morgan fingerprint density at radius 3 is 2.86 bits per heavy atom. The van der Waals surface area contributed by atoms with E-state index in [9.17, 15) is 0 Å². The lowest BCUT2D eigenvalue weighted by atomic mass is 10.1. The summed E-state index contributed by atoms with van der Waals surface area (Å²) in [7, 11) is 0. The molecule has 5 nitrogen and oxygen atoms in total. The SMILES string of the molecule is Nc1sccc1-c1nc(-c2nccc3ccccc23)no1. The number of thiophene rings is 1. The van der Waals surface area contributed by atoms with Gasteiger partial charge in [0.05, 0.1) is 10.6 Å². The minimum absolute atomic E-state index is 0.415. The summed E-state index contributed by atoms with van der Waals surface area (Å²) in [6, 6.07) is 11.8. The van der Waals surface area contributed by atoms with Gasteiger partial charge < -0.3 is 10.3 Å². The molecule has 0 spiro atoms. The maximum Gasteiger partial charge on any atom is 0.261 e. The van der Waals surface area contributed by atoms with Crippen LogP contribution in [-0.4, -0.2) is 15.1 Å². The van der Waals surface area contributed by atoms with Crippen molar-refractivity contribution in [2.24, 2.45) is 0 Å². The van der Waals surface area contributed by atoms with Crippen LogP contribution < -0.4 is 5.73 Å². The Morgan fingerprint density at radius 1 is 1.10 bits per heavy atom.